The minimum atomic E-state index is -0.233. The lowest BCUT2D eigenvalue weighted by atomic mass is 10.2. The fraction of sp³-hybridized carbons (Fsp3) is 0.400. The number of benzene rings is 1. The van der Waals surface area contributed by atoms with E-state index in [1.807, 2.05) is 13.8 Å². The first-order valence-electron chi connectivity index (χ1n) is 4.15. The van der Waals surface area contributed by atoms with E-state index in [0.717, 1.165) is 0 Å². The topological polar surface area (TPSA) is 9.23 Å². The molecule has 0 amide bonds. The van der Waals surface area contributed by atoms with Crippen molar-refractivity contribution in [1.82, 2.24) is 0 Å². The van der Waals surface area contributed by atoms with Gasteiger partial charge in [0.1, 0.15) is 5.82 Å². The highest BCUT2D eigenvalue weighted by atomic mass is 79.9. The monoisotopic (exact) mass is 246 g/mol. The van der Waals surface area contributed by atoms with Crippen molar-refractivity contribution in [2.75, 3.05) is 0 Å². The molecule has 1 nitrogen and oxygen atoms in total. The Labute approximate surface area is 86.0 Å². The van der Waals surface area contributed by atoms with Crippen molar-refractivity contribution in [2.24, 2.45) is 0 Å². The first-order chi connectivity index (χ1) is 6.11. The van der Waals surface area contributed by atoms with Crippen LogP contribution >= 0.6 is 15.9 Å². The molecule has 0 atom stereocenters. The Hall–Kier alpha value is -0.410. The van der Waals surface area contributed by atoms with Crippen LogP contribution in [0.2, 0.25) is 0 Å². The Morgan fingerprint density at radius 2 is 2.15 bits per heavy atom. The fourth-order valence-corrected chi connectivity index (χ4v) is 1.32. The molecule has 72 valence electrons. The third kappa shape index (κ3) is 3.08. The van der Waals surface area contributed by atoms with E-state index >= 15 is 0 Å². The summed E-state index contributed by atoms with van der Waals surface area (Å²) in [4.78, 5) is 0. The lowest BCUT2D eigenvalue weighted by molar-refractivity contribution is 0.0638. The predicted molar refractivity (Wildman–Crippen MR) is 54.0 cm³/mol. The van der Waals surface area contributed by atoms with Gasteiger partial charge in [-0.15, -0.1) is 0 Å². The standard InChI is InChI=1S/C10H12BrFO/c1-7(2)13-6-8-4-3-5-9(11)10(8)12/h3-5,7H,6H2,1-2H3. The molecule has 0 saturated heterocycles. The molecule has 1 aromatic carbocycles. The molecule has 0 aromatic heterocycles. The molecular formula is C10H12BrFO. The smallest absolute Gasteiger partial charge is 0.142 e. The Bertz CT molecular complexity index is 286. The van der Waals surface area contributed by atoms with Gasteiger partial charge in [-0.1, -0.05) is 12.1 Å². The molecule has 1 aromatic rings. The van der Waals surface area contributed by atoms with Crippen LogP contribution in [0, 0.1) is 5.82 Å². The maximum absolute atomic E-state index is 13.3. The van der Waals surface area contributed by atoms with Crippen LogP contribution in [0.1, 0.15) is 19.4 Å². The zero-order valence-corrected chi connectivity index (χ0v) is 9.27. The zero-order valence-electron chi connectivity index (χ0n) is 7.68. The Morgan fingerprint density at radius 3 is 2.77 bits per heavy atom. The van der Waals surface area contributed by atoms with Crippen molar-refractivity contribution >= 4 is 15.9 Å². The van der Waals surface area contributed by atoms with Crippen molar-refractivity contribution in [2.45, 2.75) is 26.6 Å². The van der Waals surface area contributed by atoms with E-state index in [1.54, 1.807) is 18.2 Å². The summed E-state index contributed by atoms with van der Waals surface area (Å²) in [6.45, 7) is 4.18. The first-order valence-corrected chi connectivity index (χ1v) is 4.95. The van der Waals surface area contributed by atoms with Gasteiger partial charge in [0.15, 0.2) is 0 Å². The summed E-state index contributed by atoms with van der Waals surface area (Å²) in [7, 11) is 0. The minimum absolute atomic E-state index is 0.124. The maximum atomic E-state index is 13.3. The molecule has 3 heteroatoms. The van der Waals surface area contributed by atoms with E-state index in [4.69, 9.17) is 4.74 Å². The maximum Gasteiger partial charge on any atom is 0.142 e. The average molecular weight is 247 g/mol. The number of ether oxygens (including phenoxy) is 1. The Balaban J connectivity index is 2.71. The normalized spacial score (nSPS) is 10.8. The number of halogens is 2. The van der Waals surface area contributed by atoms with E-state index in [0.29, 0.717) is 16.6 Å². The van der Waals surface area contributed by atoms with Gasteiger partial charge in [0.05, 0.1) is 17.2 Å². The molecule has 0 aliphatic rings. The van der Waals surface area contributed by atoms with Gasteiger partial charge in [-0.2, -0.15) is 0 Å². The highest BCUT2D eigenvalue weighted by molar-refractivity contribution is 9.10. The summed E-state index contributed by atoms with van der Waals surface area (Å²) in [5.41, 5.74) is 0.586. The van der Waals surface area contributed by atoms with Crippen molar-refractivity contribution in [3.63, 3.8) is 0 Å². The third-order valence-electron chi connectivity index (χ3n) is 1.60. The molecule has 0 spiro atoms. The van der Waals surface area contributed by atoms with E-state index in [2.05, 4.69) is 15.9 Å². The van der Waals surface area contributed by atoms with Gasteiger partial charge >= 0.3 is 0 Å². The van der Waals surface area contributed by atoms with Gasteiger partial charge < -0.3 is 4.74 Å². The Morgan fingerprint density at radius 1 is 1.46 bits per heavy atom. The van der Waals surface area contributed by atoms with Crippen LogP contribution < -0.4 is 0 Å². The number of rotatable bonds is 3. The number of hydrogen-bond acceptors (Lipinski definition) is 1. The minimum Gasteiger partial charge on any atom is -0.374 e. The van der Waals surface area contributed by atoms with Gasteiger partial charge in [-0.05, 0) is 35.8 Å². The SMILES string of the molecule is CC(C)OCc1cccc(Br)c1F. The van der Waals surface area contributed by atoms with Crippen LogP contribution in [0.15, 0.2) is 22.7 Å². The second-order valence-electron chi connectivity index (χ2n) is 3.07. The van der Waals surface area contributed by atoms with Gasteiger partial charge in [-0.25, -0.2) is 4.39 Å². The highest BCUT2D eigenvalue weighted by Crippen LogP contribution is 2.19. The molecule has 0 heterocycles. The van der Waals surface area contributed by atoms with Crippen molar-refractivity contribution in [3.8, 4) is 0 Å². The third-order valence-corrected chi connectivity index (χ3v) is 2.22. The van der Waals surface area contributed by atoms with E-state index in [-0.39, 0.29) is 11.9 Å². The van der Waals surface area contributed by atoms with Gasteiger partial charge in [0.25, 0.3) is 0 Å². The molecule has 13 heavy (non-hydrogen) atoms. The second kappa shape index (κ2) is 4.72. The number of hydrogen-bond donors (Lipinski definition) is 0. The summed E-state index contributed by atoms with van der Waals surface area (Å²) in [5.74, 6) is -0.233. The molecule has 1 rings (SSSR count). The molecule has 0 unspecified atom stereocenters. The first kappa shape index (κ1) is 10.7. The largest absolute Gasteiger partial charge is 0.374 e. The van der Waals surface area contributed by atoms with E-state index in [1.165, 1.54) is 0 Å². The van der Waals surface area contributed by atoms with Gasteiger partial charge in [-0.3, -0.25) is 0 Å². The summed E-state index contributed by atoms with van der Waals surface area (Å²) in [6.07, 6.45) is 0.124. The van der Waals surface area contributed by atoms with Crippen LogP contribution in [-0.2, 0) is 11.3 Å². The van der Waals surface area contributed by atoms with Crippen LogP contribution in [0.25, 0.3) is 0 Å². The van der Waals surface area contributed by atoms with E-state index in [9.17, 15) is 4.39 Å². The average Bonchev–Trinajstić information content (AvgIpc) is 2.07. The lowest BCUT2D eigenvalue weighted by Gasteiger charge is -2.08. The van der Waals surface area contributed by atoms with Crippen LogP contribution in [0.5, 0.6) is 0 Å². The lowest BCUT2D eigenvalue weighted by Crippen LogP contribution is -2.03. The van der Waals surface area contributed by atoms with Crippen LogP contribution in [0.3, 0.4) is 0 Å². The zero-order chi connectivity index (χ0) is 9.84. The highest BCUT2D eigenvalue weighted by Gasteiger charge is 2.05. The molecule has 0 aliphatic heterocycles. The Kier molecular flexibility index (Phi) is 3.88. The fourth-order valence-electron chi connectivity index (χ4n) is 0.916. The molecule has 0 radical (unpaired) electrons. The van der Waals surface area contributed by atoms with Gasteiger partial charge in [0, 0.05) is 5.56 Å². The molecule has 0 fully saturated rings. The summed E-state index contributed by atoms with van der Waals surface area (Å²) in [6, 6.07) is 5.20. The van der Waals surface area contributed by atoms with Crippen molar-refractivity contribution in [3.05, 3.63) is 34.1 Å². The van der Waals surface area contributed by atoms with Gasteiger partial charge in [0.2, 0.25) is 0 Å². The van der Waals surface area contributed by atoms with Crippen molar-refractivity contribution in [1.29, 1.82) is 0 Å². The summed E-state index contributed by atoms with van der Waals surface area (Å²) < 4.78 is 19.1. The van der Waals surface area contributed by atoms with Crippen LogP contribution in [0.4, 0.5) is 4.39 Å². The molecular weight excluding hydrogens is 235 g/mol. The molecule has 0 aliphatic carbocycles. The van der Waals surface area contributed by atoms with Crippen molar-refractivity contribution < 1.29 is 9.13 Å². The molecule has 0 bridgehead atoms. The second-order valence-corrected chi connectivity index (χ2v) is 3.93. The van der Waals surface area contributed by atoms with Crippen LogP contribution in [-0.4, -0.2) is 6.10 Å². The predicted octanol–water partition coefficient (Wildman–Crippen LogP) is 3.51. The van der Waals surface area contributed by atoms with E-state index < -0.39 is 0 Å². The summed E-state index contributed by atoms with van der Waals surface area (Å²) >= 11 is 3.12. The molecule has 0 N–H and O–H groups in total. The quantitative estimate of drug-likeness (QED) is 0.794. The summed E-state index contributed by atoms with van der Waals surface area (Å²) in [5, 5.41) is 0. The molecule has 0 saturated carbocycles.